The second-order valence-electron chi connectivity index (χ2n) is 5.48. The molecule has 0 spiro atoms. The lowest BCUT2D eigenvalue weighted by molar-refractivity contribution is 0.0997. The minimum atomic E-state index is -0.512. The van der Waals surface area contributed by atoms with E-state index in [-0.39, 0.29) is 11.6 Å². The Morgan fingerprint density at radius 2 is 1.92 bits per heavy atom. The van der Waals surface area contributed by atoms with Gasteiger partial charge in [-0.1, -0.05) is 30.3 Å². The molecule has 2 aromatic heterocycles. The molecule has 0 aliphatic heterocycles. The van der Waals surface area contributed by atoms with E-state index in [0.29, 0.717) is 22.2 Å². The molecule has 0 radical (unpaired) electrons. The van der Waals surface area contributed by atoms with Crippen LogP contribution in [0.5, 0.6) is 0 Å². The molecule has 4 aromatic rings. The van der Waals surface area contributed by atoms with Crippen LogP contribution >= 0.6 is 0 Å². The van der Waals surface area contributed by atoms with Crippen LogP contribution < -0.4 is 5.32 Å². The number of nitrogens with one attached hydrogen (secondary N) is 1. The van der Waals surface area contributed by atoms with Crippen molar-refractivity contribution in [2.45, 2.75) is 6.92 Å². The number of fused-ring (bicyclic) bond motifs is 1. The molecule has 0 atom stereocenters. The van der Waals surface area contributed by atoms with Crippen LogP contribution in [0.25, 0.3) is 22.2 Å². The van der Waals surface area contributed by atoms with Crippen LogP contribution in [0.3, 0.4) is 0 Å². The summed E-state index contributed by atoms with van der Waals surface area (Å²) in [5.74, 6) is -0.637. The SMILES string of the molecule is Cc1c(C(=O)Nc2nonc2-c2ccccc2)oc2ccc(F)cc12. The minimum Gasteiger partial charge on any atom is -0.451 e. The summed E-state index contributed by atoms with van der Waals surface area (Å²) in [5, 5.41) is 10.7. The maximum atomic E-state index is 13.4. The van der Waals surface area contributed by atoms with Crippen LogP contribution in [0.1, 0.15) is 16.1 Å². The van der Waals surface area contributed by atoms with Gasteiger partial charge in [-0.3, -0.25) is 10.1 Å². The first-order valence-electron chi connectivity index (χ1n) is 7.51. The van der Waals surface area contributed by atoms with Crippen molar-refractivity contribution >= 4 is 22.7 Å². The number of aryl methyl sites for hydroxylation is 1. The molecule has 0 aliphatic rings. The number of halogens is 1. The van der Waals surface area contributed by atoms with Gasteiger partial charge in [0.15, 0.2) is 11.5 Å². The minimum absolute atomic E-state index is 0.0858. The van der Waals surface area contributed by atoms with Crippen LogP contribution in [0.15, 0.2) is 57.6 Å². The van der Waals surface area contributed by atoms with Crippen LogP contribution in [0, 0.1) is 12.7 Å². The average Bonchev–Trinajstić information content (AvgIpc) is 3.21. The monoisotopic (exact) mass is 337 g/mol. The Morgan fingerprint density at radius 1 is 1.12 bits per heavy atom. The van der Waals surface area contributed by atoms with Gasteiger partial charge in [0.05, 0.1) is 0 Å². The van der Waals surface area contributed by atoms with E-state index in [1.165, 1.54) is 18.2 Å². The number of aromatic nitrogens is 2. The molecular weight excluding hydrogens is 325 g/mol. The summed E-state index contributed by atoms with van der Waals surface area (Å²) in [5.41, 5.74) is 2.14. The summed E-state index contributed by atoms with van der Waals surface area (Å²) in [4.78, 5) is 12.6. The predicted molar refractivity (Wildman–Crippen MR) is 88.6 cm³/mol. The van der Waals surface area contributed by atoms with Crippen LogP contribution in [0.2, 0.25) is 0 Å². The van der Waals surface area contributed by atoms with Crippen molar-refractivity contribution in [2.75, 3.05) is 5.32 Å². The first-order valence-corrected chi connectivity index (χ1v) is 7.51. The largest absolute Gasteiger partial charge is 0.451 e. The van der Waals surface area contributed by atoms with Gasteiger partial charge in [0, 0.05) is 16.5 Å². The normalized spacial score (nSPS) is 11.0. The van der Waals surface area contributed by atoms with E-state index in [1.54, 1.807) is 6.92 Å². The fourth-order valence-corrected chi connectivity index (χ4v) is 2.63. The molecule has 6 nitrogen and oxygen atoms in total. The van der Waals surface area contributed by atoms with E-state index in [1.807, 2.05) is 30.3 Å². The molecule has 2 aromatic carbocycles. The van der Waals surface area contributed by atoms with E-state index < -0.39 is 11.7 Å². The molecule has 4 rings (SSSR count). The quantitative estimate of drug-likeness (QED) is 0.606. The third kappa shape index (κ3) is 2.65. The van der Waals surface area contributed by atoms with E-state index in [0.717, 1.165) is 5.56 Å². The molecule has 2 heterocycles. The number of hydrogen-bond acceptors (Lipinski definition) is 5. The van der Waals surface area contributed by atoms with E-state index in [4.69, 9.17) is 9.05 Å². The topological polar surface area (TPSA) is 81.2 Å². The van der Waals surface area contributed by atoms with Crippen molar-refractivity contribution in [3.8, 4) is 11.3 Å². The van der Waals surface area contributed by atoms with Crippen molar-refractivity contribution in [1.82, 2.24) is 10.3 Å². The molecule has 0 saturated heterocycles. The first-order chi connectivity index (χ1) is 12.1. The van der Waals surface area contributed by atoms with Crippen molar-refractivity contribution in [3.63, 3.8) is 0 Å². The van der Waals surface area contributed by atoms with Gasteiger partial charge in [-0.05, 0) is 35.4 Å². The number of anilines is 1. The van der Waals surface area contributed by atoms with Gasteiger partial charge < -0.3 is 4.42 Å². The highest BCUT2D eigenvalue weighted by molar-refractivity contribution is 6.07. The Labute approximate surface area is 141 Å². The summed E-state index contributed by atoms with van der Waals surface area (Å²) in [6, 6.07) is 13.3. The highest BCUT2D eigenvalue weighted by Gasteiger charge is 2.21. The van der Waals surface area contributed by atoms with Crippen LogP contribution in [0.4, 0.5) is 10.2 Å². The zero-order chi connectivity index (χ0) is 17.4. The number of hydrogen-bond donors (Lipinski definition) is 1. The molecule has 0 saturated carbocycles. The summed E-state index contributed by atoms with van der Waals surface area (Å²) in [7, 11) is 0. The number of rotatable bonds is 3. The molecule has 0 fully saturated rings. The number of carbonyl (C=O) groups is 1. The summed E-state index contributed by atoms with van der Waals surface area (Å²) >= 11 is 0. The van der Waals surface area contributed by atoms with Gasteiger partial charge in [0.1, 0.15) is 11.4 Å². The fourth-order valence-electron chi connectivity index (χ4n) is 2.63. The van der Waals surface area contributed by atoms with Crippen molar-refractivity contribution in [1.29, 1.82) is 0 Å². The van der Waals surface area contributed by atoms with Crippen LogP contribution in [-0.4, -0.2) is 16.2 Å². The van der Waals surface area contributed by atoms with Gasteiger partial charge in [0.2, 0.25) is 5.82 Å². The molecule has 0 aliphatic carbocycles. The van der Waals surface area contributed by atoms with Crippen molar-refractivity contribution < 1.29 is 18.2 Å². The number of benzene rings is 2. The lowest BCUT2D eigenvalue weighted by Gasteiger charge is -2.01. The molecule has 0 bridgehead atoms. The van der Waals surface area contributed by atoms with Gasteiger partial charge >= 0.3 is 0 Å². The van der Waals surface area contributed by atoms with Gasteiger partial charge in [-0.15, -0.1) is 0 Å². The summed E-state index contributed by atoms with van der Waals surface area (Å²) in [6.07, 6.45) is 0. The predicted octanol–water partition coefficient (Wildman–Crippen LogP) is 4.18. The number of carbonyl (C=O) groups excluding carboxylic acids is 1. The molecular formula is C18H12FN3O3. The average molecular weight is 337 g/mol. The number of furan rings is 1. The van der Waals surface area contributed by atoms with Crippen molar-refractivity contribution in [2.24, 2.45) is 0 Å². The third-order valence-electron chi connectivity index (χ3n) is 3.87. The van der Waals surface area contributed by atoms with E-state index in [2.05, 4.69) is 15.6 Å². The Balaban J connectivity index is 1.68. The standard InChI is InChI=1S/C18H12FN3O3/c1-10-13-9-12(19)7-8-14(13)24-16(10)18(23)20-17-15(21-25-22-17)11-5-3-2-4-6-11/h2-9H,1H3,(H,20,22,23). The Kier molecular flexibility index (Phi) is 3.53. The molecule has 0 unspecified atom stereocenters. The lowest BCUT2D eigenvalue weighted by Crippen LogP contribution is -2.13. The van der Waals surface area contributed by atoms with Gasteiger partial charge in [-0.25, -0.2) is 9.02 Å². The Bertz CT molecular complexity index is 1070. The maximum Gasteiger partial charge on any atom is 0.292 e. The Hall–Kier alpha value is -3.48. The van der Waals surface area contributed by atoms with Crippen LogP contribution in [-0.2, 0) is 0 Å². The molecule has 25 heavy (non-hydrogen) atoms. The highest BCUT2D eigenvalue weighted by atomic mass is 19.1. The second-order valence-corrected chi connectivity index (χ2v) is 5.48. The van der Waals surface area contributed by atoms with Gasteiger partial charge in [-0.2, -0.15) is 0 Å². The zero-order valence-corrected chi connectivity index (χ0v) is 13.1. The second kappa shape index (κ2) is 5.86. The van der Waals surface area contributed by atoms with E-state index >= 15 is 0 Å². The molecule has 1 N–H and O–H groups in total. The summed E-state index contributed by atoms with van der Waals surface area (Å²) < 4.78 is 23.7. The highest BCUT2D eigenvalue weighted by Crippen LogP contribution is 2.28. The Morgan fingerprint density at radius 3 is 2.72 bits per heavy atom. The smallest absolute Gasteiger partial charge is 0.292 e. The number of nitrogens with zero attached hydrogens (tertiary/aromatic N) is 2. The van der Waals surface area contributed by atoms with Crippen molar-refractivity contribution in [3.05, 3.63) is 65.7 Å². The maximum absolute atomic E-state index is 13.4. The number of amides is 1. The van der Waals surface area contributed by atoms with E-state index in [9.17, 15) is 9.18 Å². The van der Waals surface area contributed by atoms with Gasteiger partial charge in [0.25, 0.3) is 5.91 Å². The summed E-state index contributed by atoms with van der Waals surface area (Å²) in [6.45, 7) is 1.69. The fraction of sp³-hybridized carbons (Fsp3) is 0.0556. The first kappa shape index (κ1) is 15.1. The molecule has 124 valence electrons. The third-order valence-corrected chi connectivity index (χ3v) is 3.87. The zero-order valence-electron chi connectivity index (χ0n) is 13.1. The molecule has 7 heteroatoms. The molecule has 1 amide bonds. The lowest BCUT2D eigenvalue weighted by atomic mass is 10.1.